The third-order valence-electron chi connectivity index (χ3n) is 4.04. The molecule has 1 amide bonds. The lowest BCUT2D eigenvalue weighted by atomic mass is 10.2. The molecule has 2 aromatic carbocycles. The molecule has 8 heteroatoms. The van der Waals surface area contributed by atoms with Crippen molar-refractivity contribution in [1.82, 2.24) is 9.97 Å². The van der Waals surface area contributed by atoms with Crippen LogP contribution in [0.25, 0.3) is 0 Å². The summed E-state index contributed by atoms with van der Waals surface area (Å²) in [6.45, 7) is 4.07. The van der Waals surface area contributed by atoms with Gasteiger partial charge in [-0.15, -0.1) is 0 Å². The molecule has 0 aliphatic carbocycles. The van der Waals surface area contributed by atoms with E-state index in [4.69, 9.17) is 14.2 Å². The molecule has 1 aromatic heterocycles. The zero-order valence-corrected chi connectivity index (χ0v) is 16.0. The molecule has 8 nitrogen and oxygen atoms in total. The lowest BCUT2D eigenvalue weighted by molar-refractivity contribution is 0.102. The highest BCUT2D eigenvalue weighted by Gasteiger charge is 2.14. The first-order valence-electron chi connectivity index (χ1n) is 9.14. The predicted molar refractivity (Wildman–Crippen MR) is 108 cm³/mol. The molecule has 148 valence electrons. The van der Waals surface area contributed by atoms with E-state index in [1.54, 1.807) is 12.1 Å². The first kappa shape index (κ1) is 18.5. The summed E-state index contributed by atoms with van der Waals surface area (Å²) < 4.78 is 16.4. The molecule has 0 saturated carbocycles. The molecule has 0 saturated heterocycles. The lowest BCUT2D eigenvalue weighted by Crippen LogP contribution is -2.15. The van der Waals surface area contributed by atoms with E-state index in [0.29, 0.717) is 34.4 Å². The van der Waals surface area contributed by atoms with Gasteiger partial charge in [0.15, 0.2) is 11.5 Å². The van der Waals surface area contributed by atoms with Crippen LogP contribution in [0.5, 0.6) is 17.2 Å². The van der Waals surface area contributed by atoms with Crippen LogP contribution in [0.3, 0.4) is 0 Å². The van der Waals surface area contributed by atoms with Crippen LogP contribution in [-0.4, -0.2) is 28.8 Å². The molecule has 2 N–H and O–H groups in total. The fourth-order valence-electron chi connectivity index (χ4n) is 2.73. The first-order chi connectivity index (χ1) is 14.1. The molecule has 29 heavy (non-hydrogen) atoms. The summed E-state index contributed by atoms with van der Waals surface area (Å²) in [6.07, 6.45) is 2.92. The van der Waals surface area contributed by atoms with Gasteiger partial charge in [-0.05, 0) is 38.1 Å². The van der Waals surface area contributed by atoms with Crippen molar-refractivity contribution < 1.29 is 19.0 Å². The topological polar surface area (TPSA) is 94.6 Å². The molecule has 0 atom stereocenters. The number of fused-ring (bicyclic) bond motifs is 1. The van der Waals surface area contributed by atoms with E-state index < -0.39 is 0 Å². The standard InChI is InChI=1S/C21H20N4O4/c1-13(2)29-17-6-4-3-5-16(17)25-20(26)14-10-22-21(23-11-14)24-15-7-8-18-19(9-15)28-12-27-18/h3-11,13H,12H2,1-2H3,(H,25,26)(H,22,23,24). The molecular weight excluding hydrogens is 372 g/mol. The molecular formula is C21H20N4O4. The van der Waals surface area contributed by atoms with E-state index in [9.17, 15) is 4.79 Å². The van der Waals surface area contributed by atoms with Gasteiger partial charge in [0.25, 0.3) is 5.91 Å². The van der Waals surface area contributed by atoms with Crippen molar-refractivity contribution in [3.8, 4) is 17.2 Å². The Labute approximate surface area is 167 Å². The zero-order valence-electron chi connectivity index (χ0n) is 16.0. The van der Waals surface area contributed by atoms with Crippen molar-refractivity contribution in [3.05, 3.63) is 60.4 Å². The average molecular weight is 392 g/mol. The number of nitrogens with zero attached hydrogens (tertiary/aromatic N) is 2. The smallest absolute Gasteiger partial charge is 0.258 e. The molecule has 1 aliphatic rings. The largest absolute Gasteiger partial charge is 0.489 e. The van der Waals surface area contributed by atoms with E-state index in [1.807, 2.05) is 44.2 Å². The average Bonchev–Trinajstić information content (AvgIpc) is 3.17. The van der Waals surface area contributed by atoms with Crippen LogP contribution >= 0.6 is 0 Å². The Morgan fingerprint density at radius 3 is 2.62 bits per heavy atom. The van der Waals surface area contributed by atoms with E-state index in [0.717, 1.165) is 5.69 Å². The Morgan fingerprint density at radius 1 is 1.07 bits per heavy atom. The summed E-state index contributed by atoms with van der Waals surface area (Å²) >= 11 is 0. The molecule has 1 aliphatic heterocycles. The minimum atomic E-state index is -0.320. The maximum absolute atomic E-state index is 12.6. The van der Waals surface area contributed by atoms with E-state index in [1.165, 1.54) is 12.4 Å². The maximum atomic E-state index is 12.6. The second-order valence-electron chi connectivity index (χ2n) is 6.61. The van der Waals surface area contributed by atoms with Crippen LogP contribution in [0.2, 0.25) is 0 Å². The molecule has 0 radical (unpaired) electrons. The molecule has 4 rings (SSSR count). The van der Waals surface area contributed by atoms with Crippen LogP contribution < -0.4 is 24.8 Å². The second-order valence-corrected chi connectivity index (χ2v) is 6.61. The lowest BCUT2D eigenvalue weighted by Gasteiger charge is -2.14. The van der Waals surface area contributed by atoms with Crippen LogP contribution in [0, 0.1) is 0 Å². The van der Waals surface area contributed by atoms with E-state index in [2.05, 4.69) is 20.6 Å². The monoisotopic (exact) mass is 392 g/mol. The fraction of sp³-hybridized carbons (Fsp3) is 0.190. The van der Waals surface area contributed by atoms with Crippen molar-refractivity contribution in [1.29, 1.82) is 0 Å². The fourth-order valence-corrected chi connectivity index (χ4v) is 2.73. The van der Waals surface area contributed by atoms with Crippen molar-refractivity contribution >= 4 is 23.2 Å². The molecule has 3 aromatic rings. The van der Waals surface area contributed by atoms with Gasteiger partial charge in [0, 0.05) is 24.1 Å². The number of rotatable bonds is 6. The van der Waals surface area contributed by atoms with Gasteiger partial charge in [-0.25, -0.2) is 9.97 Å². The number of ether oxygens (including phenoxy) is 3. The highest BCUT2D eigenvalue weighted by atomic mass is 16.7. The Hall–Kier alpha value is -3.81. The normalized spacial score (nSPS) is 12.0. The third kappa shape index (κ3) is 4.37. The Kier molecular flexibility index (Phi) is 5.15. The highest BCUT2D eigenvalue weighted by Crippen LogP contribution is 2.34. The molecule has 0 unspecified atom stereocenters. The number of anilines is 3. The Bertz CT molecular complexity index is 1020. The van der Waals surface area contributed by atoms with Crippen molar-refractivity contribution in [2.24, 2.45) is 0 Å². The van der Waals surface area contributed by atoms with Crippen molar-refractivity contribution in [2.45, 2.75) is 20.0 Å². The van der Waals surface area contributed by atoms with Gasteiger partial charge in [-0.3, -0.25) is 4.79 Å². The minimum absolute atomic E-state index is 0.00192. The number of aromatic nitrogens is 2. The van der Waals surface area contributed by atoms with Gasteiger partial charge in [-0.1, -0.05) is 12.1 Å². The Morgan fingerprint density at radius 2 is 1.83 bits per heavy atom. The van der Waals surface area contributed by atoms with Crippen LogP contribution in [0.1, 0.15) is 24.2 Å². The summed E-state index contributed by atoms with van der Waals surface area (Å²) in [4.78, 5) is 21.0. The number of benzene rings is 2. The number of nitrogens with one attached hydrogen (secondary N) is 2. The maximum Gasteiger partial charge on any atom is 0.258 e. The summed E-state index contributed by atoms with van der Waals surface area (Å²) in [6, 6.07) is 12.7. The quantitative estimate of drug-likeness (QED) is 0.655. The zero-order chi connectivity index (χ0) is 20.2. The van der Waals surface area contributed by atoms with Gasteiger partial charge < -0.3 is 24.8 Å². The van der Waals surface area contributed by atoms with E-state index in [-0.39, 0.29) is 18.8 Å². The van der Waals surface area contributed by atoms with Gasteiger partial charge >= 0.3 is 0 Å². The molecule has 0 spiro atoms. The molecule has 0 bridgehead atoms. The second kappa shape index (κ2) is 8.05. The van der Waals surface area contributed by atoms with Crippen LogP contribution in [-0.2, 0) is 0 Å². The van der Waals surface area contributed by atoms with Crippen LogP contribution in [0.15, 0.2) is 54.9 Å². The minimum Gasteiger partial charge on any atom is -0.489 e. The summed E-state index contributed by atoms with van der Waals surface area (Å²) in [5, 5.41) is 5.91. The summed E-state index contributed by atoms with van der Waals surface area (Å²) in [5.74, 6) is 2.01. The first-order valence-corrected chi connectivity index (χ1v) is 9.14. The predicted octanol–water partition coefficient (Wildman–Crippen LogP) is 3.99. The Balaban J connectivity index is 1.43. The number of amides is 1. The number of carbonyl (C=O) groups excluding carboxylic acids is 1. The molecule has 0 fully saturated rings. The summed E-state index contributed by atoms with van der Waals surface area (Å²) in [5.41, 5.74) is 1.68. The number of carbonyl (C=O) groups is 1. The van der Waals surface area contributed by atoms with Crippen molar-refractivity contribution in [3.63, 3.8) is 0 Å². The van der Waals surface area contributed by atoms with Gasteiger partial charge in [-0.2, -0.15) is 0 Å². The van der Waals surface area contributed by atoms with Crippen molar-refractivity contribution in [2.75, 3.05) is 17.4 Å². The number of para-hydroxylation sites is 2. The highest BCUT2D eigenvalue weighted by molar-refractivity contribution is 6.04. The molecule has 2 heterocycles. The number of hydrogen-bond donors (Lipinski definition) is 2. The van der Waals surface area contributed by atoms with E-state index >= 15 is 0 Å². The SMILES string of the molecule is CC(C)Oc1ccccc1NC(=O)c1cnc(Nc2ccc3c(c2)OCO3)nc1. The summed E-state index contributed by atoms with van der Waals surface area (Å²) in [7, 11) is 0. The van der Waals surface area contributed by atoms with Gasteiger partial charge in [0.05, 0.1) is 17.4 Å². The van der Waals surface area contributed by atoms with Crippen LogP contribution in [0.4, 0.5) is 17.3 Å². The number of hydrogen-bond acceptors (Lipinski definition) is 7. The van der Waals surface area contributed by atoms with Gasteiger partial charge in [0.1, 0.15) is 5.75 Å². The van der Waals surface area contributed by atoms with Gasteiger partial charge in [0.2, 0.25) is 12.7 Å². The third-order valence-corrected chi connectivity index (χ3v) is 4.04.